The maximum atomic E-state index is 10.8. The highest BCUT2D eigenvalue weighted by molar-refractivity contribution is 7.11. The van der Waals surface area contributed by atoms with E-state index in [1.807, 2.05) is 13.8 Å². The highest BCUT2D eigenvalue weighted by Crippen LogP contribution is 2.29. The minimum absolute atomic E-state index is 0.0306. The maximum Gasteiger partial charge on any atom is 0.311 e. The normalized spacial score (nSPS) is 10.4. The van der Waals surface area contributed by atoms with Gasteiger partial charge in [0.25, 0.3) is 0 Å². The summed E-state index contributed by atoms with van der Waals surface area (Å²) in [5, 5.41) is 15.1. The van der Waals surface area contributed by atoms with Crippen LogP contribution < -0.4 is 10.1 Å². The summed E-state index contributed by atoms with van der Waals surface area (Å²) in [6.07, 6.45) is 0.872. The molecule has 0 aliphatic heterocycles. The zero-order valence-electron chi connectivity index (χ0n) is 12.2. The molecule has 112 valence electrons. The van der Waals surface area contributed by atoms with Gasteiger partial charge in [-0.05, 0) is 19.9 Å². The van der Waals surface area contributed by atoms with Crippen molar-refractivity contribution in [3.8, 4) is 5.75 Å². The average Bonchev–Trinajstić information content (AvgIpc) is 2.76. The molecule has 0 unspecified atom stereocenters. The van der Waals surface area contributed by atoms with Gasteiger partial charge < -0.3 is 10.1 Å². The Morgan fingerprint density at radius 3 is 2.76 bits per heavy atom. The van der Waals surface area contributed by atoms with Gasteiger partial charge >= 0.3 is 5.69 Å². The van der Waals surface area contributed by atoms with Crippen LogP contribution in [0.4, 0.5) is 11.4 Å². The van der Waals surface area contributed by atoms with Crippen LogP contribution in [0.3, 0.4) is 0 Å². The van der Waals surface area contributed by atoms with Crippen molar-refractivity contribution in [3.05, 3.63) is 43.9 Å². The standard InChI is InChI=1S/C14H17N3O3S/c1-9-14(21-10(2)16-9)6-7-15-11-4-5-12(17(18)19)13(8-11)20-3/h4-5,8,15H,6-7H2,1-3H3. The van der Waals surface area contributed by atoms with Crippen molar-refractivity contribution < 1.29 is 9.66 Å². The molecule has 1 aromatic heterocycles. The number of nitrogens with zero attached hydrogens (tertiary/aromatic N) is 2. The van der Waals surface area contributed by atoms with Gasteiger partial charge in [0.1, 0.15) is 0 Å². The lowest BCUT2D eigenvalue weighted by molar-refractivity contribution is -0.385. The van der Waals surface area contributed by atoms with E-state index in [4.69, 9.17) is 4.74 Å². The number of ether oxygens (including phenoxy) is 1. The Kier molecular flexibility index (Phi) is 4.74. The van der Waals surface area contributed by atoms with Gasteiger partial charge in [-0.2, -0.15) is 0 Å². The highest BCUT2D eigenvalue weighted by Gasteiger charge is 2.14. The van der Waals surface area contributed by atoms with Gasteiger partial charge in [-0.15, -0.1) is 11.3 Å². The summed E-state index contributed by atoms with van der Waals surface area (Å²) in [5.74, 6) is 0.259. The van der Waals surface area contributed by atoms with Crippen molar-refractivity contribution >= 4 is 22.7 Å². The number of aromatic nitrogens is 1. The summed E-state index contributed by atoms with van der Waals surface area (Å²) in [7, 11) is 1.43. The quantitative estimate of drug-likeness (QED) is 0.654. The van der Waals surface area contributed by atoms with Gasteiger partial charge in [0.05, 0.1) is 22.7 Å². The summed E-state index contributed by atoms with van der Waals surface area (Å²) < 4.78 is 5.04. The van der Waals surface area contributed by atoms with Gasteiger partial charge in [0.15, 0.2) is 5.75 Å². The molecule has 0 bridgehead atoms. The number of nitro benzene ring substituents is 1. The molecule has 0 aliphatic carbocycles. The van der Waals surface area contributed by atoms with E-state index in [0.29, 0.717) is 0 Å². The molecular formula is C14H17N3O3S. The Morgan fingerprint density at radius 2 is 2.19 bits per heavy atom. The number of nitrogens with one attached hydrogen (secondary N) is 1. The first-order valence-electron chi connectivity index (χ1n) is 6.50. The van der Waals surface area contributed by atoms with Crippen molar-refractivity contribution in [3.63, 3.8) is 0 Å². The third kappa shape index (κ3) is 3.69. The molecule has 1 heterocycles. The van der Waals surface area contributed by atoms with Crippen LogP contribution in [0, 0.1) is 24.0 Å². The number of hydrogen-bond donors (Lipinski definition) is 1. The number of benzene rings is 1. The summed E-state index contributed by atoms with van der Waals surface area (Å²) in [6, 6.07) is 4.78. The SMILES string of the molecule is COc1cc(NCCc2sc(C)nc2C)ccc1[N+](=O)[O-]. The van der Waals surface area contributed by atoms with E-state index in [1.165, 1.54) is 18.1 Å². The number of aryl methyl sites for hydroxylation is 2. The zero-order valence-corrected chi connectivity index (χ0v) is 13.0. The zero-order chi connectivity index (χ0) is 15.4. The molecule has 2 rings (SSSR count). The first-order valence-corrected chi connectivity index (χ1v) is 7.32. The Labute approximate surface area is 126 Å². The molecule has 1 aromatic carbocycles. The average molecular weight is 307 g/mol. The van der Waals surface area contributed by atoms with Crippen molar-refractivity contribution in [2.24, 2.45) is 0 Å². The Morgan fingerprint density at radius 1 is 1.43 bits per heavy atom. The lowest BCUT2D eigenvalue weighted by Gasteiger charge is -2.08. The molecule has 0 amide bonds. The molecule has 0 atom stereocenters. The molecule has 1 N–H and O–H groups in total. The fourth-order valence-electron chi connectivity index (χ4n) is 2.06. The molecule has 7 heteroatoms. The van der Waals surface area contributed by atoms with Crippen LogP contribution in [-0.4, -0.2) is 23.6 Å². The largest absolute Gasteiger partial charge is 0.490 e. The topological polar surface area (TPSA) is 77.3 Å². The Hall–Kier alpha value is -2.15. The van der Waals surface area contributed by atoms with E-state index < -0.39 is 4.92 Å². The second kappa shape index (κ2) is 6.53. The molecule has 6 nitrogen and oxygen atoms in total. The molecule has 0 fully saturated rings. The smallest absolute Gasteiger partial charge is 0.311 e. The van der Waals surface area contributed by atoms with E-state index in [2.05, 4.69) is 10.3 Å². The Bertz CT molecular complexity index is 655. The molecule has 0 saturated heterocycles. The van der Waals surface area contributed by atoms with Crippen molar-refractivity contribution in [1.29, 1.82) is 0 Å². The predicted molar refractivity (Wildman–Crippen MR) is 83.4 cm³/mol. The molecule has 21 heavy (non-hydrogen) atoms. The second-order valence-electron chi connectivity index (χ2n) is 4.56. The van der Waals surface area contributed by atoms with E-state index in [0.717, 1.165) is 29.4 Å². The van der Waals surface area contributed by atoms with Crippen LogP contribution in [0.15, 0.2) is 18.2 Å². The van der Waals surface area contributed by atoms with Gasteiger partial charge in [-0.1, -0.05) is 0 Å². The summed E-state index contributed by atoms with van der Waals surface area (Å²) in [4.78, 5) is 16.0. The molecular weight excluding hydrogens is 290 g/mol. The lowest BCUT2D eigenvalue weighted by Crippen LogP contribution is -2.05. The van der Waals surface area contributed by atoms with Crippen molar-refractivity contribution in [2.75, 3.05) is 19.0 Å². The third-order valence-electron chi connectivity index (χ3n) is 3.06. The van der Waals surface area contributed by atoms with Gasteiger partial charge in [-0.25, -0.2) is 4.98 Å². The minimum Gasteiger partial charge on any atom is -0.490 e. The van der Waals surface area contributed by atoms with Gasteiger partial charge in [0.2, 0.25) is 0 Å². The van der Waals surface area contributed by atoms with Gasteiger partial charge in [0, 0.05) is 35.7 Å². The molecule has 0 aliphatic rings. The third-order valence-corrected chi connectivity index (χ3v) is 4.19. The van der Waals surface area contributed by atoms with Crippen LogP contribution >= 0.6 is 11.3 Å². The molecule has 2 aromatic rings. The number of anilines is 1. The van der Waals surface area contributed by atoms with Crippen LogP contribution in [0.1, 0.15) is 15.6 Å². The second-order valence-corrected chi connectivity index (χ2v) is 5.85. The predicted octanol–water partition coefficient (Wildman–Crippen LogP) is 3.33. The van der Waals surface area contributed by atoms with Crippen molar-refractivity contribution in [1.82, 2.24) is 4.98 Å². The first kappa shape index (κ1) is 15.2. The van der Waals surface area contributed by atoms with E-state index in [1.54, 1.807) is 23.5 Å². The first-order chi connectivity index (χ1) is 10.0. The van der Waals surface area contributed by atoms with E-state index >= 15 is 0 Å². The number of rotatable bonds is 6. The summed E-state index contributed by atoms with van der Waals surface area (Å²) >= 11 is 1.70. The lowest BCUT2D eigenvalue weighted by atomic mass is 10.2. The maximum absolute atomic E-state index is 10.8. The fourth-order valence-corrected chi connectivity index (χ4v) is 3.00. The summed E-state index contributed by atoms with van der Waals surface area (Å²) in [6.45, 7) is 4.74. The van der Waals surface area contributed by atoms with Crippen LogP contribution in [0.5, 0.6) is 5.75 Å². The highest BCUT2D eigenvalue weighted by atomic mass is 32.1. The van der Waals surface area contributed by atoms with Crippen molar-refractivity contribution in [2.45, 2.75) is 20.3 Å². The van der Waals surface area contributed by atoms with E-state index in [9.17, 15) is 10.1 Å². The van der Waals surface area contributed by atoms with Crippen LogP contribution in [0.25, 0.3) is 0 Å². The minimum atomic E-state index is -0.452. The monoisotopic (exact) mass is 307 g/mol. The van der Waals surface area contributed by atoms with Gasteiger partial charge in [-0.3, -0.25) is 10.1 Å². The fraction of sp³-hybridized carbons (Fsp3) is 0.357. The number of thiazole rings is 1. The molecule has 0 radical (unpaired) electrons. The molecule has 0 spiro atoms. The Balaban J connectivity index is 2.00. The molecule has 0 saturated carbocycles. The van der Waals surface area contributed by atoms with Crippen LogP contribution in [0.2, 0.25) is 0 Å². The number of methoxy groups -OCH3 is 1. The summed E-state index contributed by atoms with van der Waals surface area (Å²) in [5.41, 5.74) is 1.84. The van der Waals surface area contributed by atoms with E-state index in [-0.39, 0.29) is 11.4 Å². The van der Waals surface area contributed by atoms with Crippen LogP contribution in [-0.2, 0) is 6.42 Å². The number of hydrogen-bond acceptors (Lipinski definition) is 6. The number of nitro groups is 1.